The van der Waals surface area contributed by atoms with Crippen molar-refractivity contribution in [3.05, 3.63) is 206 Å². The van der Waals surface area contributed by atoms with E-state index < -0.39 is 0 Å². The minimum Gasteiger partial charge on any atom is -0.310 e. The first-order valence-electron chi connectivity index (χ1n) is 18.8. The fraction of sp³-hybridized carbons (Fsp3) is 0. The fourth-order valence-corrected chi connectivity index (χ4v) is 9.52. The Bertz CT molecular complexity index is 3180. The molecule has 0 atom stereocenters. The van der Waals surface area contributed by atoms with Crippen LogP contribution >= 0.6 is 11.3 Å². The predicted octanol–water partition coefficient (Wildman–Crippen LogP) is 15.1. The molecule has 0 N–H and O–H groups in total. The van der Waals surface area contributed by atoms with Gasteiger partial charge in [0.25, 0.3) is 0 Å². The molecule has 0 aliphatic rings. The summed E-state index contributed by atoms with van der Waals surface area (Å²) in [4.78, 5) is 2.39. The van der Waals surface area contributed by atoms with Crippen LogP contribution in [0.2, 0.25) is 0 Å². The lowest BCUT2D eigenvalue weighted by atomic mass is 9.98. The van der Waals surface area contributed by atoms with E-state index in [1.54, 1.807) is 0 Å². The van der Waals surface area contributed by atoms with Crippen molar-refractivity contribution >= 4 is 81.1 Å². The van der Waals surface area contributed by atoms with E-state index in [1.165, 1.54) is 75.0 Å². The predicted molar refractivity (Wildman–Crippen MR) is 237 cm³/mol. The molecule has 0 bridgehead atoms. The van der Waals surface area contributed by atoms with E-state index >= 15 is 0 Å². The minimum atomic E-state index is 1.10. The standard InChI is InChI=1S/C52H34N2S/c1-2-13-39(14-3-1)54-49-19-8-6-16-45(49)46-32-30-42(34-50(46)54)53(41-28-23-37(24-29-41)44-18-10-12-36-11-4-5-15-43(36)44)40-26-21-35(22-27-40)38-25-31-48-47-17-7-9-20-51(47)55-52(48)33-38/h1-34H. The van der Waals surface area contributed by atoms with Gasteiger partial charge >= 0.3 is 0 Å². The molecule has 258 valence electrons. The highest BCUT2D eigenvalue weighted by Crippen LogP contribution is 2.42. The van der Waals surface area contributed by atoms with E-state index in [0.717, 1.165) is 22.7 Å². The second kappa shape index (κ2) is 12.9. The maximum absolute atomic E-state index is 2.39. The zero-order valence-corrected chi connectivity index (χ0v) is 30.7. The molecule has 11 rings (SSSR count). The number of thiophene rings is 1. The highest BCUT2D eigenvalue weighted by Gasteiger charge is 2.18. The van der Waals surface area contributed by atoms with Crippen LogP contribution in [0, 0.1) is 0 Å². The van der Waals surface area contributed by atoms with E-state index in [2.05, 4.69) is 216 Å². The Morgan fingerprint density at radius 1 is 0.345 bits per heavy atom. The number of rotatable bonds is 6. The Morgan fingerprint density at radius 3 is 1.75 bits per heavy atom. The molecule has 0 saturated carbocycles. The van der Waals surface area contributed by atoms with Gasteiger partial charge in [-0.25, -0.2) is 0 Å². The van der Waals surface area contributed by atoms with E-state index in [-0.39, 0.29) is 0 Å². The van der Waals surface area contributed by atoms with Crippen molar-refractivity contribution in [1.82, 2.24) is 4.57 Å². The molecule has 0 radical (unpaired) electrons. The van der Waals surface area contributed by atoms with Gasteiger partial charge in [-0.05, 0) is 99.8 Å². The molecule has 3 heteroatoms. The highest BCUT2D eigenvalue weighted by atomic mass is 32.1. The summed E-state index contributed by atoms with van der Waals surface area (Å²) in [6.07, 6.45) is 0. The monoisotopic (exact) mass is 718 g/mol. The molecule has 0 saturated heterocycles. The van der Waals surface area contributed by atoms with E-state index in [4.69, 9.17) is 0 Å². The number of hydrogen-bond donors (Lipinski definition) is 0. The molecule has 11 aromatic rings. The molecule has 0 unspecified atom stereocenters. The normalized spacial score (nSPS) is 11.6. The number of nitrogens with zero attached hydrogens (tertiary/aromatic N) is 2. The van der Waals surface area contributed by atoms with Gasteiger partial charge in [0.05, 0.1) is 11.0 Å². The summed E-state index contributed by atoms with van der Waals surface area (Å²) >= 11 is 1.86. The molecule has 2 aromatic heterocycles. The van der Waals surface area contributed by atoms with E-state index in [0.29, 0.717) is 0 Å². The highest BCUT2D eigenvalue weighted by molar-refractivity contribution is 7.25. The molecule has 2 heterocycles. The van der Waals surface area contributed by atoms with Gasteiger partial charge in [0.2, 0.25) is 0 Å². The second-order valence-electron chi connectivity index (χ2n) is 14.2. The SMILES string of the molecule is c1ccc(-n2c3ccccc3c3ccc(N(c4ccc(-c5ccc6c(c5)sc5ccccc56)cc4)c4ccc(-c5cccc6ccccc56)cc4)cc32)cc1. The maximum Gasteiger partial charge on any atom is 0.0561 e. The Hall–Kier alpha value is -6.94. The zero-order valence-electron chi connectivity index (χ0n) is 29.9. The van der Waals surface area contributed by atoms with Crippen molar-refractivity contribution in [3.63, 3.8) is 0 Å². The average molecular weight is 719 g/mol. The fourth-order valence-electron chi connectivity index (χ4n) is 8.38. The Labute approximate surface area is 323 Å². The molecule has 0 amide bonds. The van der Waals surface area contributed by atoms with Crippen LogP contribution in [0.1, 0.15) is 0 Å². The lowest BCUT2D eigenvalue weighted by Crippen LogP contribution is -2.10. The van der Waals surface area contributed by atoms with Gasteiger partial charge in [-0.1, -0.05) is 140 Å². The molecule has 2 nitrogen and oxygen atoms in total. The van der Waals surface area contributed by atoms with Crippen molar-refractivity contribution in [1.29, 1.82) is 0 Å². The van der Waals surface area contributed by atoms with Crippen LogP contribution < -0.4 is 4.90 Å². The first kappa shape index (κ1) is 31.6. The van der Waals surface area contributed by atoms with Crippen LogP contribution in [0.4, 0.5) is 17.1 Å². The van der Waals surface area contributed by atoms with E-state index in [1.807, 2.05) is 11.3 Å². The number of fused-ring (bicyclic) bond motifs is 7. The van der Waals surface area contributed by atoms with Crippen molar-refractivity contribution in [2.45, 2.75) is 0 Å². The second-order valence-corrected chi connectivity index (χ2v) is 15.2. The van der Waals surface area contributed by atoms with Crippen molar-refractivity contribution in [2.75, 3.05) is 4.90 Å². The first-order chi connectivity index (χ1) is 27.3. The van der Waals surface area contributed by atoms with Gasteiger partial charge in [0.15, 0.2) is 0 Å². The molecular weight excluding hydrogens is 685 g/mol. The summed E-state index contributed by atoms with van der Waals surface area (Å²) in [5, 5.41) is 7.65. The largest absolute Gasteiger partial charge is 0.310 e. The topological polar surface area (TPSA) is 8.17 Å². The Morgan fingerprint density at radius 2 is 0.927 bits per heavy atom. The van der Waals surface area contributed by atoms with Crippen molar-refractivity contribution in [2.24, 2.45) is 0 Å². The van der Waals surface area contributed by atoms with Crippen LogP contribution in [-0.4, -0.2) is 4.57 Å². The van der Waals surface area contributed by atoms with Gasteiger partial charge in [-0.15, -0.1) is 11.3 Å². The molecular formula is C52H34N2S. The number of para-hydroxylation sites is 2. The van der Waals surface area contributed by atoms with Crippen LogP contribution in [0.3, 0.4) is 0 Å². The summed E-state index contributed by atoms with van der Waals surface area (Å²) in [5.41, 5.74) is 11.7. The average Bonchev–Trinajstić information content (AvgIpc) is 3.79. The maximum atomic E-state index is 2.39. The van der Waals surface area contributed by atoms with Gasteiger partial charge in [-0.3, -0.25) is 0 Å². The van der Waals surface area contributed by atoms with Crippen LogP contribution in [0.5, 0.6) is 0 Å². The van der Waals surface area contributed by atoms with E-state index in [9.17, 15) is 0 Å². The molecule has 0 aliphatic carbocycles. The molecule has 0 spiro atoms. The summed E-state index contributed by atoms with van der Waals surface area (Å²) in [7, 11) is 0. The Kier molecular flexibility index (Phi) is 7.39. The van der Waals surface area contributed by atoms with Crippen molar-refractivity contribution in [3.8, 4) is 27.9 Å². The number of hydrogen-bond acceptors (Lipinski definition) is 2. The van der Waals surface area contributed by atoms with Crippen LogP contribution in [-0.2, 0) is 0 Å². The minimum absolute atomic E-state index is 1.10. The zero-order chi connectivity index (χ0) is 36.3. The lowest BCUT2D eigenvalue weighted by Gasteiger charge is -2.26. The smallest absolute Gasteiger partial charge is 0.0561 e. The summed E-state index contributed by atoms with van der Waals surface area (Å²) < 4.78 is 5.04. The third-order valence-electron chi connectivity index (χ3n) is 11.0. The van der Waals surface area contributed by atoms with Crippen LogP contribution in [0.25, 0.3) is 80.7 Å². The summed E-state index contributed by atoms with van der Waals surface area (Å²) in [5.74, 6) is 0. The number of benzene rings is 9. The first-order valence-corrected chi connectivity index (χ1v) is 19.6. The Balaban J connectivity index is 1.05. The van der Waals surface area contributed by atoms with Crippen LogP contribution in [0.15, 0.2) is 206 Å². The summed E-state index contributed by atoms with van der Waals surface area (Å²) in [6.45, 7) is 0. The molecule has 55 heavy (non-hydrogen) atoms. The van der Waals surface area contributed by atoms with Gasteiger partial charge in [0, 0.05) is 53.7 Å². The van der Waals surface area contributed by atoms with Gasteiger partial charge < -0.3 is 9.47 Å². The third kappa shape index (κ3) is 5.32. The lowest BCUT2D eigenvalue weighted by molar-refractivity contribution is 1.18. The molecule has 0 aliphatic heterocycles. The third-order valence-corrected chi connectivity index (χ3v) is 12.1. The molecule has 9 aromatic carbocycles. The van der Waals surface area contributed by atoms with Crippen molar-refractivity contribution < 1.29 is 0 Å². The van der Waals surface area contributed by atoms with Gasteiger partial charge in [0.1, 0.15) is 0 Å². The quantitative estimate of drug-likeness (QED) is 0.166. The summed E-state index contributed by atoms with van der Waals surface area (Å²) in [6, 6.07) is 75.2. The number of aromatic nitrogens is 1. The molecule has 0 fully saturated rings. The van der Waals surface area contributed by atoms with Gasteiger partial charge in [-0.2, -0.15) is 0 Å². The number of anilines is 3.